The Balaban J connectivity index is 1.98. The van der Waals surface area contributed by atoms with Crippen molar-refractivity contribution in [1.29, 1.82) is 0 Å². The molecule has 1 heterocycles. The van der Waals surface area contributed by atoms with Crippen LogP contribution in [-0.2, 0) is 5.60 Å². The van der Waals surface area contributed by atoms with E-state index in [0.717, 1.165) is 4.88 Å². The van der Waals surface area contributed by atoms with Gasteiger partial charge in [0, 0.05) is 22.3 Å². The van der Waals surface area contributed by atoms with E-state index in [-0.39, 0.29) is 0 Å². The van der Waals surface area contributed by atoms with Gasteiger partial charge in [0.05, 0.1) is 0 Å². The van der Waals surface area contributed by atoms with Crippen molar-refractivity contribution in [2.75, 3.05) is 6.54 Å². The fourth-order valence-electron chi connectivity index (χ4n) is 1.44. The molecule has 2 N–H and O–H groups in total. The van der Waals surface area contributed by atoms with E-state index >= 15 is 0 Å². The number of hydrogen-bond acceptors (Lipinski definition) is 3. The van der Waals surface area contributed by atoms with Crippen molar-refractivity contribution >= 4 is 11.3 Å². The summed E-state index contributed by atoms with van der Waals surface area (Å²) in [6.07, 6.45) is 2.53. The minimum Gasteiger partial charge on any atom is -0.383 e. The Hall–Kier alpha value is -0.380. The normalized spacial score (nSPS) is 20.8. The Morgan fingerprint density at radius 3 is 2.79 bits per heavy atom. The first kappa shape index (κ1) is 10.1. The number of thiophene rings is 1. The van der Waals surface area contributed by atoms with Gasteiger partial charge in [0.15, 0.2) is 0 Å². The van der Waals surface area contributed by atoms with E-state index in [1.807, 2.05) is 13.0 Å². The third-order valence-corrected chi connectivity index (χ3v) is 3.84. The van der Waals surface area contributed by atoms with Crippen LogP contribution in [0.15, 0.2) is 12.1 Å². The molecule has 0 bridgehead atoms. The second-order valence-corrected chi connectivity index (χ2v) is 5.63. The maximum absolute atomic E-state index is 10.2. The van der Waals surface area contributed by atoms with E-state index in [9.17, 15) is 5.11 Å². The summed E-state index contributed by atoms with van der Waals surface area (Å²) in [4.78, 5) is 2.31. The maximum Gasteiger partial charge on any atom is 0.108 e. The highest BCUT2D eigenvalue weighted by molar-refractivity contribution is 7.12. The standard InChI is InChI=1S/C11H17NOS/c1-8-3-6-10(14-8)11(2,13)7-12-9-4-5-9/h3,6,9,12-13H,4-5,7H2,1-2H3. The van der Waals surface area contributed by atoms with E-state index < -0.39 is 5.60 Å². The SMILES string of the molecule is Cc1ccc(C(C)(O)CNC2CC2)s1. The van der Waals surface area contributed by atoms with E-state index in [1.54, 1.807) is 11.3 Å². The van der Waals surface area contributed by atoms with Gasteiger partial charge in [-0.15, -0.1) is 11.3 Å². The predicted octanol–water partition coefficient (Wildman–Crippen LogP) is 2.02. The molecule has 1 atom stereocenters. The lowest BCUT2D eigenvalue weighted by molar-refractivity contribution is 0.0604. The van der Waals surface area contributed by atoms with Crippen molar-refractivity contribution in [3.05, 3.63) is 21.9 Å². The summed E-state index contributed by atoms with van der Waals surface area (Å²) < 4.78 is 0. The number of hydrogen-bond donors (Lipinski definition) is 2. The number of aliphatic hydroxyl groups is 1. The van der Waals surface area contributed by atoms with Gasteiger partial charge in [0.1, 0.15) is 5.60 Å². The van der Waals surface area contributed by atoms with Crippen LogP contribution in [0.4, 0.5) is 0 Å². The Labute approximate surface area is 89.0 Å². The Bertz CT molecular complexity index is 315. The third kappa shape index (κ3) is 2.35. The summed E-state index contributed by atoms with van der Waals surface area (Å²) in [5.41, 5.74) is -0.707. The molecule has 3 heteroatoms. The highest BCUT2D eigenvalue weighted by atomic mass is 32.1. The lowest BCUT2D eigenvalue weighted by Gasteiger charge is -2.22. The molecule has 1 aromatic rings. The zero-order valence-corrected chi connectivity index (χ0v) is 9.53. The lowest BCUT2D eigenvalue weighted by atomic mass is 10.1. The quantitative estimate of drug-likeness (QED) is 0.798. The average Bonchev–Trinajstić information content (AvgIpc) is 2.85. The highest BCUT2D eigenvalue weighted by Gasteiger charge is 2.28. The van der Waals surface area contributed by atoms with E-state index in [0.29, 0.717) is 12.6 Å². The molecule has 1 unspecified atom stereocenters. The molecule has 1 aliphatic rings. The summed E-state index contributed by atoms with van der Waals surface area (Å²) in [6.45, 7) is 4.61. The van der Waals surface area contributed by atoms with Crippen LogP contribution >= 0.6 is 11.3 Å². The van der Waals surface area contributed by atoms with Crippen molar-refractivity contribution in [1.82, 2.24) is 5.32 Å². The van der Waals surface area contributed by atoms with Crippen molar-refractivity contribution in [2.24, 2.45) is 0 Å². The first-order valence-corrected chi connectivity index (χ1v) is 5.92. The van der Waals surface area contributed by atoms with E-state index in [2.05, 4.69) is 18.3 Å². The van der Waals surface area contributed by atoms with Gasteiger partial charge in [-0.1, -0.05) is 0 Å². The molecule has 2 rings (SSSR count). The van der Waals surface area contributed by atoms with Crippen LogP contribution < -0.4 is 5.32 Å². The zero-order chi connectivity index (χ0) is 10.2. The first-order chi connectivity index (χ1) is 6.58. The predicted molar refractivity (Wildman–Crippen MR) is 59.7 cm³/mol. The number of aryl methyl sites for hydroxylation is 1. The van der Waals surface area contributed by atoms with E-state index in [4.69, 9.17) is 0 Å². The minimum absolute atomic E-state index is 0.655. The molecule has 0 aliphatic heterocycles. The molecule has 2 nitrogen and oxygen atoms in total. The molecule has 1 aliphatic carbocycles. The molecule has 0 aromatic carbocycles. The Morgan fingerprint density at radius 1 is 1.57 bits per heavy atom. The molecule has 1 aromatic heterocycles. The number of rotatable bonds is 4. The van der Waals surface area contributed by atoms with Crippen LogP contribution in [-0.4, -0.2) is 17.7 Å². The number of nitrogens with one attached hydrogen (secondary N) is 1. The second kappa shape index (κ2) is 3.65. The van der Waals surface area contributed by atoms with Gasteiger partial charge in [0.2, 0.25) is 0 Å². The summed E-state index contributed by atoms with van der Waals surface area (Å²) in [5.74, 6) is 0. The topological polar surface area (TPSA) is 32.3 Å². The molecular formula is C11H17NOS. The monoisotopic (exact) mass is 211 g/mol. The third-order valence-electron chi connectivity index (χ3n) is 2.58. The smallest absolute Gasteiger partial charge is 0.108 e. The van der Waals surface area contributed by atoms with Crippen LogP contribution in [0.3, 0.4) is 0 Å². The van der Waals surface area contributed by atoms with Gasteiger partial charge in [0.25, 0.3) is 0 Å². The fourth-order valence-corrected chi connectivity index (χ4v) is 2.35. The van der Waals surface area contributed by atoms with Gasteiger partial charge in [-0.2, -0.15) is 0 Å². The Kier molecular flexibility index (Phi) is 2.64. The summed E-state index contributed by atoms with van der Waals surface area (Å²) >= 11 is 1.68. The van der Waals surface area contributed by atoms with Crippen LogP contribution in [0.25, 0.3) is 0 Å². The van der Waals surface area contributed by atoms with Gasteiger partial charge in [-0.3, -0.25) is 0 Å². The van der Waals surface area contributed by atoms with E-state index in [1.165, 1.54) is 17.7 Å². The summed E-state index contributed by atoms with van der Waals surface area (Å²) in [6, 6.07) is 4.74. The summed E-state index contributed by atoms with van der Waals surface area (Å²) in [7, 11) is 0. The molecule has 1 saturated carbocycles. The zero-order valence-electron chi connectivity index (χ0n) is 8.71. The highest BCUT2D eigenvalue weighted by Crippen LogP contribution is 2.28. The van der Waals surface area contributed by atoms with Gasteiger partial charge >= 0.3 is 0 Å². The molecule has 1 fully saturated rings. The molecule has 0 spiro atoms. The van der Waals surface area contributed by atoms with Crippen molar-refractivity contribution in [3.8, 4) is 0 Å². The molecule has 14 heavy (non-hydrogen) atoms. The molecule has 0 amide bonds. The van der Waals surface area contributed by atoms with Crippen LogP contribution in [0.2, 0.25) is 0 Å². The first-order valence-electron chi connectivity index (χ1n) is 5.10. The molecule has 78 valence electrons. The lowest BCUT2D eigenvalue weighted by Crippen LogP contribution is -2.35. The largest absolute Gasteiger partial charge is 0.383 e. The summed E-state index contributed by atoms with van der Waals surface area (Å²) in [5, 5.41) is 13.6. The Morgan fingerprint density at radius 2 is 2.29 bits per heavy atom. The van der Waals surface area contributed by atoms with Crippen LogP contribution in [0, 0.1) is 6.92 Å². The van der Waals surface area contributed by atoms with Gasteiger partial charge < -0.3 is 10.4 Å². The molecular weight excluding hydrogens is 194 g/mol. The van der Waals surface area contributed by atoms with Crippen molar-refractivity contribution in [3.63, 3.8) is 0 Å². The van der Waals surface area contributed by atoms with Crippen LogP contribution in [0.1, 0.15) is 29.5 Å². The minimum atomic E-state index is -0.707. The molecule has 0 radical (unpaired) electrons. The molecule has 0 saturated heterocycles. The second-order valence-electron chi connectivity index (χ2n) is 4.34. The van der Waals surface area contributed by atoms with Gasteiger partial charge in [-0.05, 0) is 38.8 Å². The average molecular weight is 211 g/mol. The van der Waals surface area contributed by atoms with Crippen molar-refractivity contribution in [2.45, 2.75) is 38.3 Å². The van der Waals surface area contributed by atoms with Crippen molar-refractivity contribution < 1.29 is 5.11 Å². The van der Waals surface area contributed by atoms with Crippen LogP contribution in [0.5, 0.6) is 0 Å². The van der Waals surface area contributed by atoms with Gasteiger partial charge in [-0.25, -0.2) is 0 Å². The fraction of sp³-hybridized carbons (Fsp3) is 0.636. The maximum atomic E-state index is 10.2.